The third-order valence-corrected chi connectivity index (χ3v) is 1.15. The van der Waals surface area contributed by atoms with E-state index in [9.17, 15) is 4.79 Å². The molecule has 0 bridgehead atoms. The average molecular weight is 144 g/mol. The van der Waals surface area contributed by atoms with Crippen LogP contribution < -0.4 is 11.1 Å². The molecule has 3 heteroatoms. The van der Waals surface area contributed by atoms with Crippen molar-refractivity contribution in [2.45, 2.75) is 32.7 Å². The summed E-state index contributed by atoms with van der Waals surface area (Å²) >= 11 is 0. The highest BCUT2D eigenvalue weighted by atomic mass is 16.1. The van der Waals surface area contributed by atoms with Crippen LogP contribution in [0, 0.1) is 0 Å². The number of hydrogen-bond donors (Lipinski definition) is 2. The number of hydrogen-bond acceptors (Lipinski definition) is 2. The fraction of sp³-hybridized carbons (Fsp3) is 0.857. The van der Waals surface area contributed by atoms with Crippen molar-refractivity contribution in [1.29, 1.82) is 0 Å². The Hall–Kier alpha value is -0.570. The van der Waals surface area contributed by atoms with Crippen LogP contribution in [0.25, 0.3) is 0 Å². The summed E-state index contributed by atoms with van der Waals surface area (Å²) in [6.45, 7) is 5.02. The van der Waals surface area contributed by atoms with E-state index in [1.54, 1.807) is 0 Å². The molecule has 0 spiro atoms. The smallest absolute Gasteiger partial charge is 0.217 e. The van der Waals surface area contributed by atoms with Gasteiger partial charge in [-0.15, -0.1) is 0 Å². The van der Waals surface area contributed by atoms with Crippen LogP contribution in [0.15, 0.2) is 0 Å². The first-order valence-corrected chi connectivity index (χ1v) is 3.64. The van der Waals surface area contributed by atoms with E-state index in [0.29, 0.717) is 12.5 Å². The molecular formula is C7H16N2O. The van der Waals surface area contributed by atoms with Gasteiger partial charge in [0.2, 0.25) is 5.91 Å². The Labute approximate surface area is 62.0 Å². The summed E-state index contributed by atoms with van der Waals surface area (Å²) in [6, 6.07) is 0.493. The zero-order valence-corrected chi connectivity index (χ0v) is 6.68. The molecule has 0 radical (unpaired) electrons. The van der Waals surface area contributed by atoms with Crippen LogP contribution in [0.1, 0.15) is 26.7 Å². The molecule has 0 rings (SSSR count). The predicted octanol–water partition coefficient (Wildman–Crippen LogP) is 0.250. The van der Waals surface area contributed by atoms with Crippen molar-refractivity contribution in [2.24, 2.45) is 5.73 Å². The molecule has 3 nitrogen and oxygen atoms in total. The Kier molecular flexibility index (Phi) is 4.94. The van der Waals surface area contributed by atoms with Crippen LogP contribution in [0.2, 0.25) is 0 Å². The minimum atomic E-state index is -0.217. The molecule has 0 atom stereocenters. The van der Waals surface area contributed by atoms with E-state index in [2.05, 4.69) is 19.2 Å². The van der Waals surface area contributed by atoms with Crippen LogP contribution in [-0.2, 0) is 4.79 Å². The quantitative estimate of drug-likeness (QED) is 0.543. The van der Waals surface area contributed by atoms with E-state index in [1.807, 2.05) is 0 Å². The molecule has 3 N–H and O–H groups in total. The molecule has 0 aromatic heterocycles. The number of rotatable bonds is 5. The number of amides is 1. The highest BCUT2D eigenvalue weighted by Crippen LogP contribution is 1.85. The standard InChI is InChI=1S/C7H16N2O/c1-6(2)9-5-3-4-7(8)10/h6,9H,3-5H2,1-2H3,(H2,8,10). The maximum Gasteiger partial charge on any atom is 0.217 e. The van der Waals surface area contributed by atoms with Gasteiger partial charge in [0.05, 0.1) is 0 Å². The third kappa shape index (κ3) is 7.43. The SMILES string of the molecule is CC(C)NCCCC(N)=O. The molecule has 0 saturated carbocycles. The molecule has 10 heavy (non-hydrogen) atoms. The van der Waals surface area contributed by atoms with Crippen molar-refractivity contribution in [3.63, 3.8) is 0 Å². The Balaban J connectivity index is 2.98. The first-order chi connectivity index (χ1) is 4.63. The minimum Gasteiger partial charge on any atom is -0.370 e. The second kappa shape index (κ2) is 5.23. The van der Waals surface area contributed by atoms with E-state index < -0.39 is 0 Å². The van der Waals surface area contributed by atoms with E-state index in [4.69, 9.17) is 5.73 Å². The van der Waals surface area contributed by atoms with Crippen molar-refractivity contribution < 1.29 is 4.79 Å². The second-order valence-electron chi connectivity index (χ2n) is 2.68. The molecule has 0 unspecified atom stereocenters. The van der Waals surface area contributed by atoms with Gasteiger partial charge in [-0.1, -0.05) is 13.8 Å². The van der Waals surface area contributed by atoms with Crippen molar-refractivity contribution in [3.8, 4) is 0 Å². The van der Waals surface area contributed by atoms with Crippen LogP contribution in [0.3, 0.4) is 0 Å². The van der Waals surface area contributed by atoms with Crippen LogP contribution in [0.5, 0.6) is 0 Å². The maximum absolute atomic E-state index is 10.2. The summed E-state index contributed by atoms with van der Waals surface area (Å²) in [7, 11) is 0. The van der Waals surface area contributed by atoms with Crippen molar-refractivity contribution in [3.05, 3.63) is 0 Å². The number of primary amides is 1. The highest BCUT2D eigenvalue weighted by molar-refractivity contribution is 5.73. The van der Waals surface area contributed by atoms with Crippen molar-refractivity contribution >= 4 is 5.91 Å². The number of nitrogens with one attached hydrogen (secondary N) is 1. The molecule has 0 aromatic rings. The molecule has 0 heterocycles. The van der Waals surface area contributed by atoms with Gasteiger partial charge in [-0.05, 0) is 13.0 Å². The van der Waals surface area contributed by atoms with Crippen molar-refractivity contribution in [1.82, 2.24) is 5.32 Å². The second-order valence-corrected chi connectivity index (χ2v) is 2.68. The van der Waals surface area contributed by atoms with Gasteiger partial charge in [0, 0.05) is 12.5 Å². The summed E-state index contributed by atoms with van der Waals surface area (Å²) in [5.41, 5.74) is 4.94. The molecular weight excluding hydrogens is 128 g/mol. The van der Waals surface area contributed by atoms with Gasteiger partial charge in [-0.3, -0.25) is 4.79 Å². The number of carbonyl (C=O) groups excluding carboxylic acids is 1. The maximum atomic E-state index is 10.2. The lowest BCUT2D eigenvalue weighted by Gasteiger charge is -2.05. The molecule has 0 saturated heterocycles. The topological polar surface area (TPSA) is 55.1 Å². The van der Waals surface area contributed by atoms with Gasteiger partial charge in [0.25, 0.3) is 0 Å². The van der Waals surface area contributed by atoms with E-state index >= 15 is 0 Å². The zero-order valence-electron chi connectivity index (χ0n) is 6.68. The Bertz CT molecular complexity index is 102. The molecule has 0 fully saturated rings. The predicted molar refractivity (Wildman–Crippen MR) is 41.6 cm³/mol. The van der Waals surface area contributed by atoms with Gasteiger partial charge in [-0.25, -0.2) is 0 Å². The van der Waals surface area contributed by atoms with Gasteiger partial charge < -0.3 is 11.1 Å². The lowest BCUT2D eigenvalue weighted by Crippen LogP contribution is -2.24. The van der Waals surface area contributed by atoms with Gasteiger partial charge in [-0.2, -0.15) is 0 Å². The summed E-state index contributed by atoms with van der Waals surface area (Å²) < 4.78 is 0. The molecule has 0 aliphatic carbocycles. The summed E-state index contributed by atoms with van der Waals surface area (Å²) in [5, 5.41) is 3.19. The molecule has 0 aliphatic heterocycles. The van der Waals surface area contributed by atoms with Gasteiger partial charge >= 0.3 is 0 Å². The van der Waals surface area contributed by atoms with Crippen LogP contribution >= 0.6 is 0 Å². The first-order valence-electron chi connectivity index (χ1n) is 3.64. The lowest BCUT2D eigenvalue weighted by molar-refractivity contribution is -0.118. The highest BCUT2D eigenvalue weighted by Gasteiger charge is 1.94. The largest absolute Gasteiger partial charge is 0.370 e. The molecule has 1 amide bonds. The molecule has 60 valence electrons. The van der Waals surface area contributed by atoms with Crippen molar-refractivity contribution in [2.75, 3.05) is 6.54 Å². The van der Waals surface area contributed by atoms with Gasteiger partial charge in [0.1, 0.15) is 0 Å². The Morgan fingerprint density at radius 1 is 1.60 bits per heavy atom. The molecule has 0 aromatic carbocycles. The number of nitrogens with two attached hydrogens (primary N) is 1. The van der Waals surface area contributed by atoms with E-state index in [-0.39, 0.29) is 5.91 Å². The third-order valence-electron chi connectivity index (χ3n) is 1.15. The minimum absolute atomic E-state index is 0.217. The van der Waals surface area contributed by atoms with E-state index in [0.717, 1.165) is 13.0 Å². The summed E-state index contributed by atoms with van der Waals surface area (Å²) in [5.74, 6) is -0.217. The molecule has 0 aliphatic rings. The summed E-state index contributed by atoms with van der Waals surface area (Å²) in [6.07, 6.45) is 1.33. The van der Waals surface area contributed by atoms with Crippen LogP contribution in [0.4, 0.5) is 0 Å². The zero-order chi connectivity index (χ0) is 7.98. The Morgan fingerprint density at radius 2 is 2.20 bits per heavy atom. The fourth-order valence-corrected chi connectivity index (χ4v) is 0.653. The van der Waals surface area contributed by atoms with Crippen LogP contribution in [-0.4, -0.2) is 18.5 Å². The monoisotopic (exact) mass is 144 g/mol. The average Bonchev–Trinajstić information content (AvgIpc) is 1.79. The number of carbonyl (C=O) groups is 1. The summed E-state index contributed by atoms with van der Waals surface area (Å²) in [4.78, 5) is 10.2. The fourth-order valence-electron chi connectivity index (χ4n) is 0.653. The van der Waals surface area contributed by atoms with E-state index in [1.165, 1.54) is 0 Å². The normalized spacial score (nSPS) is 10.3. The lowest BCUT2D eigenvalue weighted by atomic mass is 10.3. The van der Waals surface area contributed by atoms with Gasteiger partial charge in [0.15, 0.2) is 0 Å². The Morgan fingerprint density at radius 3 is 2.60 bits per heavy atom. The first kappa shape index (κ1) is 9.43.